The van der Waals surface area contributed by atoms with E-state index in [2.05, 4.69) is 49.4 Å². The Morgan fingerprint density at radius 3 is 2.06 bits per heavy atom. The molecule has 1 N–H and O–H groups in total. The van der Waals surface area contributed by atoms with Gasteiger partial charge in [0.2, 0.25) is 0 Å². The van der Waals surface area contributed by atoms with Gasteiger partial charge in [-0.3, -0.25) is 0 Å². The smallest absolute Gasteiger partial charge is 0.134 e. The third-order valence-electron chi connectivity index (χ3n) is 7.88. The second kappa shape index (κ2) is 10.6. The summed E-state index contributed by atoms with van der Waals surface area (Å²) in [6.45, 7) is 2.29. The van der Waals surface area contributed by atoms with Gasteiger partial charge in [-0.15, -0.1) is 0 Å². The van der Waals surface area contributed by atoms with Crippen molar-refractivity contribution in [2.75, 3.05) is 0 Å². The molecule has 0 amide bonds. The van der Waals surface area contributed by atoms with Gasteiger partial charge in [-0.05, 0) is 94.8 Å². The van der Waals surface area contributed by atoms with Gasteiger partial charge in [0.1, 0.15) is 11.6 Å². The maximum Gasteiger partial charge on any atom is 0.134 e. The van der Waals surface area contributed by atoms with E-state index >= 15 is 0 Å². The summed E-state index contributed by atoms with van der Waals surface area (Å²) >= 11 is 0. The third-order valence-corrected chi connectivity index (χ3v) is 7.88. The van der Waals surface area contributed by atoms with Crippen molar-refractivity contribution in [3.05, 3.63) is 90.2 Å². The van der Waals surface area contributed by atoms with Crippen LogP contribution in [0.5, 0.6) is 5.75 Å². The van der Waals surface area contributed by atoms with E-state index in [4.69, 9.17) is 0 Å². The molecule has 1 aliphatic carbocycles. The minimum absolute atomic E-state index is 0.0576. The minimum atomic E-state index is -0.411. The summed E-state index contributed by atoms with van der Waals surface area (Å²) in [5.41, 5.74) is 5.23. The van der Waals surface area contributed by atoms with E-state index in [0.717, 1.165) is 28.3 Å². The lowest BCUT2D eigenvalue weighted by Gasteiger charge is -2.29. The van der Waals surface area contributed by atoms with E-state index in [1.807, 2.05) is 18.2 Å². The molecule has 0 radical (unpaired) electrons. The Kier molecular flexibility index (Phi) is 7.18. The molecule has 1 nitrogen and oxygen atoms in total. The first-order valence-electron chi connectivity index (χ1n) is 13.2. The Balaban J connectivity index is 1.28. The molecule has 5 rings (SSSR count). The molecule has 1 saturated carbocycles. The Morgan fingerprint density at radius 1 is 0.714 bits per heavy atom. The number of halogens is 1. The van der Waals surface area contributed by atoms with E-state index in [1.165, 1.54) is 74.1 Å². The molecule has 4 aromatic carbocycles. The molecule has 2 heteroatoms. The minimum Gasteiger partial charge on any atom is -0.508 e. The molecule has 180 valence electrons. The number of rotatable bonds is 7. The summed E-state index contributed by atoms with van der Waals surface area (Å²) in [7, 11) is 0. The van der Waals surface area contributed by atoms with Gasteiger partial charge in [0.25, 0.3) is 0 Å². The standard InChI is InChI=1S/C33H35FO/c1-2-3-4-5-23-6-8-24(9-7-23)25-10-12-26(13-11-25)27-14-15-29-21-30(17-16-28(29)20-27)32-19-18-31(35)22-33(32)34/h10-24,35H,2-9H2,1H3. The molecule has 35 heavy (non-hydrogen) atoms. The highest BCUT2D eigenvalue weighted by Crippen LogP contribution is 2.38. The number of phenols is 1. The van der Waals surface area contributed by atoms with Crippen LogP contribution >= 0.6 is 0 Å². The highest BCUT2D eigenvalue weighted by molar-refractivity contribution is 5.91. The Hall–Kier alpha value is -3.13. The predicted molar refractivity (Wildman–Crippen MR) is 145 cm³/mol. The summed E-state index contributed by atoms with van der Waals surface area (Å²) in [4.78, 5) is 0. The van der Waals surface area contributed by atoms with E-state index in [1.54, 1.807) is 6.07 Å². The lowest BCUT2D eigenvalue weighted by molar-refractivity contribution is 0.303. The zero-order valence-electron chi connectivity index (χ0n) is 20.6. The molecular weight excluding hydrogens is 431 g/mol. The number of benzene rings is 4. The number of phenolic OH excluding ortho intramolecular Hbond substituents is 1. The second-order valence-electron chi connectivity index (χ2n) is 10.3. The maximum atomic E-state index is 14.3. The second-order valence-corrected chi connectivity index (χ2v) is 10.3. The van der Waals surface area contributed by atoms with Gasteiger partial charge >= 0.3 is 0 Å². The van der Waals surface area contributed by atoms with Crippen molar-refractivity contribution < 1.29 is 9.50 Å². The van der Waals surface area contributed by atoms with Crippen molar-refractivity contribution in [3.8, 4) is 28.0 Å². The summed E-state index contributed by atoms with van der Waals surface area (Å²) in [6, 6.07) is 26.0. The average Bonchev–Trinajstić information content (AvgIpc) is 2.89. The molecule has 1 aliphatic rings. The Bertz CT molecular complexity index is 1280. The zero-order valence-corrected chi connectivity index (χ0v) is 20.6. The normalized spacial score (nSPS) is 18.1. The first-order valence-corrected chi connectivity index (χ1v) is 13.2. The van der Waals surface area contributed by atoms with Crippen LogP contribution in [-0.2, 0) is 0 Å². The first kappa shape index (κ1) is 23.6. The Labute approximate surface area is 208 Å². The lowest BCUT2D eigenvalue weighted by Crippen LogP contribution is -2.13. The van der Waals surface area contributed by atoms with Gasteiger partial charge in [0, 0.05) is 11.6 Å². The number of fused-ring (bicyclic) bond motifs is 1. The van der Waals surface area contributed by atoms with Gasteiger partial charge in [-0.2, -0.15) is 0 Å². The summed E-state index contributed by atoms with van der Waals surface area (Å²) in [5, 5.41) is 11.7. The van der Waals surface area contributed by atoms with E-state index in [0.29, 0.717) is 11.5 Å². The van der Waals surface area contributed by atoms with Crippen molar-refractivity contribution in [1.82, 2.24) is 0 Å². The molecule has 0 bridgehead atoms. The highest BCUT2D eigenvalue weighted by Gasteiger charge is 2.22. The van der Waals surface area contributed by atoms with Crippen molar-refractivity contribution in [3.63, 3.8) is 0 Å². The number of hydrogen-bond donors (Lipinski definition) is 1. The maximum absolute atomic E-state index is 14.3. The predicted octanol–water partition coefficient (Wildman–Crippen LogP) is 9.87. The molecule has 0 aromatic heterocycles. The molecular formula is C33H35FO. The SMILES string of the molecule is CCCCCC1CCC(c2ccc(-c3ccc4cc(-c5ccc(O)cc5F)ccc4c3)cc2)CC1. The van der Waals surface area contributed by atoms with Crippen LogP contribution in [0.2, 0.25) is 0 Å². The van der Waals surface area contributed by atoms with E-state index in [-0.39, 0.29) is 5.75 Å². The molecule has 0 aliphatic heterocycles. The van der Waals surface area contributed by atoms with E-state index in [9.17, 15) is 9.50 Å². The van der Waals surface area contributed by atoms with E-state index < -0.39 is 5.82 Å². The van der Waals surface area contributed by atoms with Crippen molar-refractivity contribution >= 4 is 10.8 Å². The summed E-state index contributed by atoms with van der Waals surface area (Å²) < 4.78 is 14.3. The van der Waals surface area contributed by atoms with Crippen molar-refractivity contribution in [2.45, 2.75) is 64.2 Å². The van der Waals surface area contributed by atoms with Gasteiger partial charge in [0.05, 0.1) is 0 Å². The van der Waals surface area contributed by atoms with Crippen LogP contribution in [0, 0.1) is 11.7 Å². The fraction of sp³-hybridized carbons (Fsp3) is 0.333. The first-order chi connectivity index (χ1) is 17.1. The summed E-state index contributed by atoms with van der Waals surface area (Å²) in [5.74, 6) is 1.19. The van der Waals surface area contributed by atoms with Crippen LogP contribution in [0.25, 0.3) is 33.0 Å². The number of unbranched alkanes of at least 4 members (excludes halogenated alkanes) is 2. The van der Waals surface area contributed by atoms with Crippen molar-refractivity contribution in [1.29, 1.82) is 0 Å². The Morgan fingerprint density at radius 2 is 1.37 bits per heavy atom. The van der Waals surface area contributed by atoms with Crippen molar-refractivity contribution in [2.24, 2.45) is 5.92 Å². The van der Waals surface area contributed by atoms with Gasteiger partial charge < -0.3 is 5.11 Å². The topological polar surface area (TPSA) is 20.2 Å². The van der Waals surface area contributed by atoms with Gasteiger partial charge in [-0.25, -0.2) is 4.39 Å². The molecule has 1 fully saturated rings. The fourth-order valence-corrected chi connectivity index (χ4v) is 5.75. The molecule has 0 saturated heterocycles. The lowest BCUT2D eigenvalue weighted by atomic mass is 9.77. The average molecular weight is 467 g/mol. The van der Waals surface area contributed by atoms with Crippen LogP contribution in [0.15, 0.2) is 78.9 Å². The van der Waals surface area contributed by atoms with Crippen LogP contribution in [0.4, 0.5) is 4.39 Å². The number of hydrogen-bond acceptors (Lipinski definition) is 1. The summed E-state index contributed by atoms with van der Waals surface area (Å²) in [6.07, 6.45) is 11.0. The molecule has 0 heterocycles. The molecule has 0 unspecified atom stereocenters. The fourth-order valence-electron chi connectivity index (χ4n) is 5.75. The zero-order chi connectivity index (χ0) is 24.2. The molecule has 0 spiro atoms. The third kappa shape index (κ3) is 5.42. The highest BCUT2D eigenvalue weighted by atomic mass is 19.1. The van der Waals surface area contributed by atoms with Gasteiger partial charge in [0.15, 0.2) is 0 Å². The van der Waals surface area contributed by atoms with Crippen LogP contribution in [-0.4, -0.2) is 5.11 Å². The molecule has 4 aromatic rings. The monoisotopic (exact) mass is 466 g/mol. The molecule has 0 atom stereocenters. The van der Waals surface area contributed by atoms with Crippen LogP contribution in [0.1, 0.15) is 69.8 Å². The van der Waals surface area contributed by atoms with Crippen LogP contribution in [0.3, 0.4) is 0 Å². The van der Waals surface area contributed by atoms with Crippen LogP contribution < -0.4 is 0 Å². The quantitative estimate of drug-likeness (QED) is 0.269. The number of aromatic hydroxyl groups is 1. The largest absolute Gasteiger partial charge is 0.508 e. The van der Waals surface area contributed by atoms with Gasteiger partial charge in [-0.1, -0.05) is 81.1 Å².